The summed E-state index contributed by atoms with van der Waals surface area (Å²) in [5.41, 5.74) is 0. The molecule has 1 unspecified atom stereocenters. The van der Waals surface area contributed by atoms with Crippen LogP contribution >= 0.6 is 0 Å². The zero-order chi connectivity index (χ0) is 11.4. The zero-order valence-corrected chi connectivity index (χ0v) is 9.82. The van der Waals surface area contributed by atoms with E-state index in [4.69, 9.17) is 5.11 Å². The fourth-order valence-corrected chi connectivity index (χ4v) is 2.75. The highest BCUT2D eigenvalue weighted by Crippen LogP contribution is 2.22. The molecule has 0 aromatic carbocycles. The molecule has 2 fully saturated rings. The molecule has 0 saturated carbocycles. The van der Waals surface area contributed by atoms with Crippen LogP contribution in [0.25, 0.3) is 0 Å². The summed E-state index contributed by atoms with van der Waals surface area (Å²) in [6, 6.07) is 0. The van der Waals surface area contributed by atoms with Crippen LogP contribution in [0.5, 0.6) is 0 Å². The number of rotatable bonds is 3. The Morgan fingerprint density at radius 2 is 2.06 bits per heavy atom. The second kappa shape index (κ2) is 5.64. The van der Waals surface area contributed by atoms with Crippen LogP contribution in [-0.4, -0.2) is 48.7 Å². The first-order chi connectivity index (χ1) is 7.81. The molecule has 2 aliphatic rings. The van der Waals surface area contributed by atoms with Crippen LogP contribution in [0.2, 0.25) is 0 Å². The minimum absolute atomic E-state index is 0.217. The molecule has 0 aliphatic carbocycles. The molecule has 0 aromatic heterocycles. The van der Waals surface area contributed by atoms with Gasteiger partial charge in [-0.05, 0) is 38.1 Å². The molecule has 2 aliphatic heterocycles. The Kier molecular flexibility index (Phi) is 4.18. The van der Waals surface area contributed by atoms with Crippen molar-refractivity contribution < 1.29 is 9.90 Å². The highest BCUT2D eigenvalue weighted by atomic mass is 16.3. The number of hydrogen-bond donors (Lipinski definition) is 2. The van der Waals surface area contributed by atoms with E-state index < -0.39 is 0 Å². The van der Waals surface area contributed by atoms with Crippen molar-refractivity contribution in [2.24, 2.45) is 11.8 Å². The molecular formula is C12H22N2O2. The molecule has 2 rings (SSSR count). The van der Waals surface area contributed by atoms with Crippen LogP contribution in [0.15, 0.2) is 0 Å². The third-order valence-electron chi connectivity index (χ3n) is 3.87. The van der Waals surface area contributed by atoms with E-state index in [1.165, 1.54) is 0 Å². The summed E-state index contributed by atoms with van der Waals surface area (Å²) in [7, 11) is 0. The van der Waals surface area contributed by atoms with Crippen molar-refractivity contribution in [3.63, 3.8) is 0 Å². The van der Waals surface area contributed by atoms with Gasteiger partial charge in [0.2, 0.25) is 5.91 Å². The second-order valence-corrected chi connectivity index (χ2v) is 4.97. The van der Waals surface area contributed by atoms with E-state index in [0.29, 0.717) is 11.8 Å². The third kappa shape index (κ3) is 2.74. The van der Waals surface area contributed by atoms with Crippen LogP contribution in [0.1, 0.15) is 25.7 Å². The van der Waals surface area contributed by atoms with Gasteiger partial charge in [0.25, 0.3) is 0 Å². The first-order valence-corrected chi connectivity index (χ1v) is 6.41. The van der Waals surface area contributed by atoms with Crippen LogP contribution in [-0.2, 0) is 4.79 Å². The van der Waals surface area contributed by atoms with Crippen LogP contribution in [0, 0.1) is 11.8 Å². The van der Waals surface area contributed by atoms with Crippen LogP contribution < -0.4 is 5.32 Å². The highest BCUT2D eigenvalue weighted by molar-refractivity contribution is 5.79. The molecule has 92 valence electrons. The molecular weight excluding hydrogens is 204 g/mol. The van der Waals surface area contributed by atoms with E-state index in [2.05, 4.69) is 5.32 Å². The van der Waals surface area contributed by atoms with Gasteiger partial charge in [-0.3, -0.25) is 4.79 Å². The first-order valence-electron chi connectivity index (χ1n) is 6.41. The third-order valence-corrected chi connectivity index (χ3v) is 3.87. The van der Waals surface area contributed by atoms with E-state index in [9.17, 15) is 4.79 Å². The van der Waals surface area contributed by atoms with Gasteiger partial charge in [0.05, 0.1) is 5.92 Å². The number of carbonyl (C=O) groups excluding carboxylic acids is 1. The van der Waals surface area contributed by atoms with E-state index in [1.807, 2.05) is 4.90 Å². The van der Waals surface area contributed by atoms with Gasteiger partial charge in [-0.1, -0.05) is 0 Å². The normalized spacial score (nSPS) is 27.3. The Bertz CT molecular complexity index is 231. The average Bonchev–Trinajstić information content (AvgIpc) is 2.83. The fourth-order valence-electron chi connectivity index (χ4n) is 2.75. The SMILES string of the molecule is O=C(C1CCNC1)N1CCC(CCO)CC1. The lowest BCUT2D eigenvalue weighted by Crippen LogP contribution is -2.42. The largest absolute Gasteiger partial charge is 0.396 e. The molecule has 1 amide bonds. The zero-order valence-electron chi connectivity index (χ0n) is 9.82. The predicted molar refractivity (Wildman–Crippen MR) is 62.0 cm³/mol. The van der Waals surface area contributed by atoms with Gasteiger partial charge in [0.15, 0.2) is 0 Å². The molecule has 4 heteroatoms. The molecule has 2 saturated heterocycles. The van der Waals surface area contributed by atoms with Crippen molar-refractivity contribution in [2.45, 2.75) is 25.7 Å². The predicted octanol–water partition coefficient (Wildman–Crippen LogP) is 0.217. The highest BCUT2D eigenvalue weighted by Gasteiger charge is 2.29. The minimum atomic E-state index is 0.217. The van der Waals surface area contributed by atoms with Gasteiger partial charge in [0, 0.05) is 26.2 Å². The second-order valence-electron chi connectivity index (χ2n) is 4.97. The van der Waals surface area contributed by atoms with Crippen molar-refractivity contribution in [1.82, 2.24) is 10.2 Å². The summed E-state index contributed by atoms with van der Waals surface area (Å²) >= 11 is 0. The molecule has 0 spiro atoms. The summed E-state index contributed by atoms with van der Waals surface area (Å²) < 4.78 is 0. The standard InChI is InChI=1S/C12H22N2O2/c15-8-4-10-2-6-14(7-3-10)12(16)11-1-5-13-9-11/h10-11,13,15H,1-9H2. The number of nitrogens with one attached hydrogen (secondary N) is 1. The number of aliphatic hydroxyl groups is 1. The van der Waals surface area contributed by atoms with Gasteiger partial charge in [-0.15, -0.1) is 0 Å². The molecule has 4 nitrogen and oxygen atoms in total. The van der Waals surface area contributed by atoms with E-state index in [0.717, 1.165) is 51.9 Å². The van der Waals surface area contributed by atoms with Crippen molar-refractivity contribution in [2.75, 3.05) is 32.8 Å². The maximum atomic E-state index is 12.1. The Hall–Kier alpha value is -0.610. The maximum absolute atomic E-state index is 12.1. The number of likely N-dealkylation sites (tertiary alicyclic amines) is 1. The smallest absolute Gasteiger partial charge is 0.227 e. The van der Waals surface area contributed by atoms with Crippen molar-refractivity contribution in [1.29, 1.82) is 0 Å². The Labute approximate surface area is 97.0 Å². The lowest BCUT2D eigenvalue weighted by Gasteiger charge is -2.33. The van der Waals surface area contributed by atoms with Crippen LogP contribution in [0.3, 0.4) is 0 Å². The summed E-state index contributed by atoms with van der Waals surface area (Å²) in [6.07, 6.45) is 4.02. The van der Waals surface area contributed by atoms with E-state index in [1.54, 1.807) is 0 Å². The van der Waals surface area contributed by atoms with Gasteiger partial charge in [-0.2, -0.15) is 0 Å². The Morgan fingerprint density at radius 1 is 1.31 bits per heavy atom. The Morgan fingerprint density at radius 3 is 2.62 bits per heavy atom. The fraction of sp³-hybridized carbons (Fsp3) is 0.917. The van der Waals surface area contributed by atoms with Gasteiger partial charge < -0.3 is 15.3 Å². The number of nitrogens with zero attached hydrogens (tertiary/aromatic N) is 1. The number of aliphatic hydroxyl groups excluding tert-OH is 1. The van der Waals surface area contributed by atoms with Crippen molar-refractivity contribution in [3.8, 4) is 0 Å². The Balaban J connectivity index is 1.77. The number of carbonyl (C=O) groups is 1. The topological polar surface area (TPSA) is 52.6 Å². The molecule has 2 heterocycles. The van der Waals surface area contributed by atoms with E-state index in [-0.39, 0.29) is 12.5 Å². The first kappa shape index (κ1) is 11.9. The van der Waals surface area contributed by atoms with Crippen molar-refractivity contribution in [3.05, 3.63) is 0 Å². The number of piperidine rings is 1. The van der Waals surface area contributed by atoms with Gasteiger partial charge in [0.1, 0.15) is 0 Å². The molecule has 16 heavy (non-hydrogen) atoms. The maximum Gasteiger partial charge on any atom is 0.227 e. The summed E-state index contributed by atoms with van der Waals surface area (Å²) in [6.45, 7) is 3.90. The molecule has 0 aromatic rings. The minimum Gasteiger partial charge on any atom is -0.396 e. The van der Waals surface area contributed by atoms with E-state index >= 15 is 0 Å². The summed E-state index contributed by atoms with van der Waals surface area (Å²) in [5.74, 6) is 1.18. The molecule has 0 bridgehead atoms. The number of amides is 1. The van der Waals surface area contributed by atoms with Crippen LogP contribution in [0.4, 0.5) is 0 Å². The quantitative estimate of drug-likeness (QED) is 0.723. The molecule has 0 radical (unpaired) electrons. The lowest BCUT2D eigenvalue weighted by atomic mass is 9.93. The molecule has 1 atom stereocenters. The van der Waals surface area contributed by atoms with Gasteiger partial charge in [-0.25, -0.2) is 0 Å². The van der Waals surface area contributed by atoms with Gasteiger partial charge >= 0.3 is 0 Å². The summed E-state index contributed by atoms with van der Waals surface area (Å²) in [4.78, 5) is 14.1. The average molecular weight is 226 g/mol. The number of hydrogen-bond acceptors (Lipinski definition) is 3. The monoisotopic (exact) mass is 226 g/mol. The van der Waals surface area contributed by atoms with Crippen molar-refractivity contribution >= 4 is 5.91 Å². The summed E-state index contributed by atoms with van der Waals surface area (Å²) in [5, 5.41) is 12.1. The molecule has 2 N–H and O–H groups in total. The lowest BCUT2D eigenvalue weighted by molar-refractivity contribution is -0.136.